The van der Waals surface area contributed by atoms with E-state index < -0.39 is 5.60 Å². The average Bonchev–Trinajstić information content (AvgIpc) is 2.19. The molecule has 2 rings (SSSR count). The molecule has 1 aromatic carbocycles. The number of benzene rings is 1. The predicted molar refractivity (Wildman–Crippen MR) is 64.4 cm³/mol. The highest BCUT2D eigenvalue weighted by Gasteiger charge is 2.30. The fourth-order valence-corrected chi connectivity index (χ4v) is 2.18. The Morgan fingerprint density at radius 2 is 2.06 bits per heavy atom. The van der Waals surface area contributed by atoms with Crippen LogP contribution in [0.3, 0.4) is 0 Å². The number of anilines is 1. The third-order valence-corrected chi connectivity index (χ3v) is 2.75. The van der Waals surface area contributed by atoms with Crippen molar-refractivity contribution >= 4 is 34.8 Å². The van der Waals surface area contributed by atoms with Crippen LogP contribution < -0.4 is 10.1 Å². The van der Waals surface area contributed by atoms with Gasteiger partial charge in [-0.1, -0.05) is 23.2 Å². The zero-order valence-corrected chi connectivity index (χ0v) is 10.4. The summed E-state index contributed by atoms with van der Waals surface area (Å²) in [7, 11) is 0. The van der Waals surface area contributed by atoms with Crippen LogP contribution in [0.1, 0.15) is 20.3 Å². The summed E-state index contributed by atoms with van der Waals surface area (Å²) in [6.45, 7) is 3.68. The van der Waals surface area contributed by atoms with Crippen LogP contribution in [0.25, 0.3) is 0 Å². The van der Waals surface area contributed by atoms with Crippen LogP contribution in [-0.2, 0) is 4.79 Å². The molecule has 0 fully saturated rings. The molecule has 86 valence electrons. The normalized spacial score (nSPS) is 18.1. The first kappa shape index (κ1) is 11.6. The zero-order valence-electron chi connectivity index (χ0n) is 8.93. The minimum absolute atomic E-state index is 0.109. The smallest absolute Gasteiger partial charge is 0.228 e. The number of hydrogen-bond acceptors (Lipinski definition) is 2. The summed E-state index contributed by atoms with van der Waals surface area (Å²) in [5.74, 6) is 0.365. The Morgan fingerprint density at radius 1 is 1.38 bits per heavy atom. The lowest BCUT2D eigenvalue weighted by Gasteiger charge is -2.23. The lowest BCUT2D eigenvalue weighted by molar-refractivity contribution is -0.118. The number of carbonyl (C=O) groups is 1. The molecule has 0 unspecified atom stereocenters. The van der Waals surface area contributed by atoms with Gasteiger partial charge in [-0.15, -0.1) is 0 Å². The van der Waals surface area contributed by atoms with Crippen molar-refractivity contribution in [3.05, 3.63) is 22.2 Å². The molecule has 1 aromatic rings. The van der Waals surface area contributed by atoms with Gasteiger partial charge in [-0.25, -0.2) is 0 Å². The van der Waals surface area contributed by atoms with Crippen LogP contribution in [0.5, 0.6) is 5.75 Å². The molecule has 0 atom stereocenters. The molecule has 0 aliphatic carbocycles. The average molecular weight is 260 g/mol. The molecule has 0 aromatic heterocycles. The first-order chi connectivity index (χ1) is 7.37. The summed E-state index contributed by atoms with van der Waals surface area (Å²) in [5, 5.41) is 3.59. The molecule has 0 saturated heterocycles. The highest BCUT2D eigenvalue weighted by molar-refractivity contribution is 6.36. The quantitative estimate of drug-likeness (QED) is 0.775. The molecule has 0 radical (unpaired) electrons. The summed E-state index contributed by atoms with van der Waals surface area (Å²) >= 11 is 11.9. The summed E-state index contributed by atoms with van der Waals surface area (Å²) in [6.07, 6.45) is 0.273. The van der Waals surface area contributed by atoms with Gasteiger partial charge in [-0.3, -0.25) is 4.79 Å². The first-order valence-electron chi connectivity index (χ1n) is 4.85. The van der Waals surface area contributed by atoms with Crippen molar-refractivity contribution in [2.24, 2.45) is 0 Å². The van der Waals surface area contributed by atoms with Crippen molar-refractivity contribution < 1.29 is 9.53 Å². The molecule has 0 saturated carbocycles. The maximum atomic E-state index is 11.6. The largest absolute Gasteiger partial charge is 0.484 e. The van der Waals surface area contributed by atoms with E-state index in [0.29, 0.717) is 21.5 Å². The van der Waals surface area contributed by atoms with Gasteiger partial charge in [0.1, 0.15) is 5.60 Å². The van der Waals surface area contributed by atoms with Crippen LogP contribution in [0.4, 0.5) is 5.69 Å². The van der Waals surface area contributed by atoms with E-state index in [2.05, 4.69) is 5.32 Å². The van der Waals surface area contributed by atoms with Gasteiger partial charge in [0.15, 0.2) is 5.75 Å². The summed E-state index contributed by atoms with van der Waals surface area (Å²) < 4.78 is 5.73. The van der Waals surface area contributed by atoms with Crippen molar-refractivity contribution in [3.8, 4) is 5.75 Å². The Hall–Kier alpha value is -0.930. The third kappa shape index (κ3) is 2.25. The first-order valence-corrected chi connectivity index (χ1v) is 5.61. The number of nitrogens with one attached hydrogen (secondary N) is 1. The van der Waals surface area contributed by atoms with Gasteiger partial charge in [-0.05, 0) is 26.0 Å². The van der Waals surface area contributed by atoms with E-state index in [1.807, 2.05) is 13.8 Å². The molecule has 1 heterocycles. The Bertz CT molecular complexity index is 458. The van der Waals surface area contributed by atoms with E-state index in [1.165, 1.54) is 0 Å². The third-order valence-electron chi connectivity index (χ3n) is 2.25. The zero-order chi connectivity index (χ0) is 11.9. The molecule has 5 heteroatoms. The Morgan fingerprint density at radius 3 is 2.75 bits per heavy atom. The number of hydrogen-bond donors (Lipinski definition) is 1. The molecule has 0 spiro atoms. The van der Waals surface area contributed by atoms with Crippen LogP contribution in [0.2, 0.25) is 10.0 Å². The monoisotopic (exact) mass is 259 g/mol. The standard InChI is InChI=1S/C11H11Cl2NO2/c1-11(2)5-9(15)14-8-4-6(12)3-7(13)10(8)16-11/h3-4H,5H2,1-2H3,(H,14,15). The van der Waals surface area contributed by atoms with E-state index in [-0.39, 0.29) is 12.3 Å². The number of amides is 1. The Kier molecular flexibility index (Phi) is 2.76. The van der Waals surface area contributed by atoms with Crippen LogP contribution >= 0.6 is 23.2 Å². The SMILES string of the molecule is CC1(C)CC(=O)Nc2cc(Cl)cc(Cl)c2O1. The fourth-order valence-electron chi connectivity index (χ4n) is 1.65. The van der Waals surface area contributed by atoms with Crippen LogP contribution in [-0.4, -0.2) is 11.5 Å². The molecular formula is C11H11Cl2NO2. The van der Waals surface area contributed by atoms with E-state index in [0.717, 1.165) is 0 Å². The van der Waals surface area contributed by atoms with E-state index in [4.69, 9.17) is 27.9 Å². The maximum absolute atomic E-state index is 11.6. The minimum atomic E-state index is -0.577. The summed E-state index contributed by atoms with van der Waals surface area (Å²) in [6, 6.07) is 3.22. The molecule has 1 aliphatic rings. The van der Waals surface area contributed by atoms with Gasteiger partial charge >= 0.3 is 0 Å². The van der Waals surface area contributed by atoms with Gasteiger partial charge in [0.2, 0.25) is 5.91 Å². The van der Waals surface area contributed by atoms with Crippen molar-refractivity contribution in [2.75, 3.05) is 5.32 Å². The topological polar surface area (TPSA) is 38.3 Å². The number of fused-ring (bicyclic) bond motifs is 1. The van der Waals surface area contributed by atoms with Gasteiger partial charge in [0, 0.05) is 5.02 Å². The highest BCUT2D eigenvalue weighted by Crippen LogP contribution is 2.40. The Balaban J connectivity index is 2.54. The van der Waals surface area contributed by atoms with Gasteiger partial charge in [0.05, 0.1) is 17.1 Å². The molecule has 16 heavy (non-hydrogen) atoms. The van der Waals surface area contributed by atoms with Crippen molar-refractivity contribution in [2.45, 2.75) is 25.9 Å². The maximum Gasteiger partial charge on any atom is 0.228 e. The predicted octanol–water partition coefficient (Wildman–Crippen LogP) is 3.49. The van der Waals surface area contributed by atoms with E-state index in [1.54, 1.807) is 12.1 Å². The second kappa shape index (κ2) is 3.82. The minimum Gasteiger partial charge on any atom is -0.484 e. The van der Waals surface area contributed by atoms with E-state index >= 15 is 0 Å². The molecule has 1 amide bonds. The lowest BCUT2D eigenvalue weighted by atomic mass is 10.1. The molecular weight excluding hydrogens is 249 g/mol. The van der Waals surface area contributed by atoms with Crippen molar-refractivity contribution in [1.29, 1.82) is 0 Å². The number of halogens is 2. The molecule has 1 aliphatic heterocycles. The Labute approximate surface area is 104 Å². The van der Waals surface area contributed by atoms with Gasteiger partial charge < -0.3 is 10.1 Å². The summed E-state index contributed by atoms with van der Waals surface area (Å²) in [5.41, 5.74) is -0.0552. The number of rotatable bonds is 0. The number of ether oxygens (including phenoxy) is 1. The second-order valence-electron chi connectivity index (χ2n) is 4.35. The highest BCUT2D eigenvalue weighted by atomic mass is 35.5. The molecule has 0 bridgehead atoms. The second-order valence-corrected chi connectivity index (χ2v) is 5.19. The van der Waals surface area contributed by atoms with Crippen molar-refractivity contribution in [3.63, 3.8) is 0 Å². The molecule has 3 nitrogen and oxygen atoms in total. The van der Waals surface area contributed by atoms with Gasteiger partial charge in [-0.2, -0.15) is 0 Å². The molecule has 1 N–H and O–H groups in total. The number of carbonyl (C=O) groups excluding carboxylic acids is 1. The lowest BCUT2D eigenvalue weighted by Crippen LogP contribution is -2.30. The fraction of sp³-hybridized carbons (Fsp3) is 0.364. The summed E-state index contributed by atoms with van der Waals surface area (Å²) in [4.78, 5) is 11.6. The van der Waals surface area contributed by atoms with Gasteiger partial charge in [0.25, 0.3) is 0 Å². The van der Waals surface area contributed by atoms with Crippen molar-refractivity contribution in [1.82, 2.24) is 0 Å². The van der Waals surface area contributed by atoms with Crippen LogP contribution in [0.15, 0.2) is 12.1 Å². The van der Waals surface area contributed by atoms with Crippen LogP contribution in [0, 0.1) is 0 Å². The van der Waals surface area contributed by atoms with E-state index in [9.17, 15) is 4.79 Å².